The second-order valence-electron chi connectivity index (χ2n) is 4.59. The van der Waals surface area contributed by atoms with Gasteiger partial charge in [-0.25, -0.2) is 4.79 Å². The number of carbonyl (C=O) groups is 1. The van der Waals surface area contributed by atoms with E-state index in [1.54, 1.807) is 6.07 Å². The maximum Gasteiger partial charge on any atom is 0.387 e. The van der Waals surface area contributed by atoms with Gasteiger partial charge in [0.1, 0.15) is 0 Å². The number of aliphatic carboxylic acids is 1. The Hall–Kier alpha value is -2.38. The average molecular weight is 301 g/mol. The minimum Gasteiger partial charge on any atom is -0.493 e. The fraction of sp³-hybridized carbons (Fsp3) is 0.385. The molecule has 0 spiro atoms. The van der Waals surface area contributed by atoms with Crippen LogP contribution in [0.3, 0.4) is 0 Å². The van der Waals surface area contributed by atoms with Crippen molar-refractivity contribution in [2.45, 2.75) is 25.6 Å². The first-order valence-corrected chi connectivity index (χ1v) is 5.97. The fourth-order valence-corrected chi connectivity index (χ4v) is 1.85. The van der Waals surface area contributed by atoms with Crippen LogP contribution in [-0.2, 0) is 9.63 Å². The number of halogens is 2. The smallest absolute Gasteiger partial charge is 0.387 e. The van der Waals surface area contributed by atoms with Crippen molar-refractivity contribution >= 4 is 11.7 Å². The average Bonchev–Trinajstić information content (AvgIpc) is 2.82. The molecule has 0 aromatic heterocycles. The number of alkyl halides is 2. The third-order valence-electron chi connectivity index (χ3n) is 3.03. The number of nitrogens with zero attached hydrogens (tertiary/aromatic N) is 1. The Balaban J connectivity index is 2.28. The molecule has 6 nitrogen and oxygen atoms in total. The molecule has 0 saturated carbocycles. The van der Waals surface area contributed by atoms with Crippen LogP contribution in [0, 0.1) is 0 Å². The van der Waals surface area contributed by atoms with E-state index in [-0.39, 0.29) is 17.9 Å². The number of benzene rings is 1. The van der Waals surface area contributed by atoms with E-state index in [1.807, 2.05) is 0 Å². The molecule has 0 amide bonds. The van der Waals surface area contributed by atoms with Gasteiger partial charge in [0.05, 0.1) is 12.8 Å². The normalized spacial score (nSPS) is 20.9. The van der Waals surface area contributed by atoms with Crippen LogP contribution in [0.2, 0.25) is 0 Å². The molecule has 0 radical (unpaired) electrons. The molecule has 1 aromatic carbocycles. The number of hydrogen-bond donors (Lipinski definition) is 1. The summed E-state index contributed by atoms with van der Waals surface area (Å²) < 4.78 is 34.0. The predicted molar refractivity (Wildman–Crippen MR) is 67.9 cm³/mol. The van der Waals surface area contributed by atoms with Crippen LogP contribution in [0.1, 0.15) is 18.9 Å². The lowest BCUT2D eigenvalue weighted by atomic mass is 9.96. The van der Waals surface area contributed by atoms with Crippen LogP contribution in [0.25, 0.3) is 0 Å². The Morgan fingerprint density at radius 1 is 1.48 bits per heavy atom. The van der Waals surface area contributed by atoms with Crippen LogP contribution in [0.15, 0.2) is 23.4 Å². The number of carboxylic acid groups (broad SMARTS) is 1. The summed E-state index contributed by atoms with van der Waals surface area (Å²) in [6.45, 7) is -1.62. The van der Waals surface area contributed by atoms with E-state index in [4.69, 9.17) is 14.7 Å². The fourth-order valence-electron chi connectivity index (χ4n) is 1.85. The minimum atomic E-state index is -3.00. The number of carboxylic acids is 1. The summed E-state index contributed by atoms with van der Waals surface area (Å²) in [5.41, 5.74) is -0.697. The number of rotatable bonds is 5. The first-order chi connectivity index (χ1) is 9.85. The molecule has 1 N–H and O–H groups in total. The van der Waals surface area contributed by atoms with Crippen LogP contribution < -0.4 is 9.47 Å². The van der Waals surface area contributed by atoms with E-state index >= 15 is 0 Å². The zero-order valence-corrected chi connectivity index (χ0v) is 11.3. The van der Waals surface area contributed by atoms with Gasteiger partial charge >= 0.3 is 12.6 Å². The topological polar surface area (TPSA) is 77.4 Å². The van der Waals surface area contributed by atoms with E-state index in [1.165, 1.54) is 26.2 Å². The van der Waals surface area contributed by atoms with E-state index in [0.717, 1.165) is 0 Å². The van der Waals surface area contributed by atoms with Gasteiger partial charge in [0.15, 0.2) is 11.5 Å². The number of ether oxygens (including phenoxy) is 2. The first-order valence-electron chi connectivity index (χ1n) is 5.97. The molecular formula is C13H13F2NO5. The SMILES string of the molecule is COc1ccc(C2=NOC(C)(C(=O)O)C2)cc1OC(F)F. The first kappa shape index (κ1) is 15.0. The summed E-state index contributed by atoms with van der Waals surface area (Å²) in [6.07, 6.45) is 0.0166. The summed E-state index contributed by atoms with van der Waals surface area (Å²) in [6, 6.07) is 4.31. The molecule has 0 bridgehead atoms. The highest BCUT2D eigenvalue weighted by Crippen LogP contribution is 2.33. The van der Waals surface area contributed by atoms with Gasteiger partial charge in [-0.05, 0) is 25.1 Å². The molecule has 0 saturated heterocycles. The second-order valence-corrected chi connectivity index (χ2v) is 4.59. The highest BCUT2D eigenvalue weighted by molar-refractivity contribution is 6.04. The van der Waals surface area contributed by atoms with Gasteiger partial charge in [0.2, 0.25) is 5.60 Å². The highest BCUT2D eigenvalue weighted by Gasteiger charge is 2.42. The molecule has 1 atom stereocenters. The van der Waals surface area contributed by atoms with Crippen molar-refractivity contribution in [1.29, 1.82) is 0 Å². The maximum absolute atomic E-state index is 12.4. The van der Waals surface area contributed by atoms with Gasteiger partial charge in [0.25, 0.3) is 0 Å². The Bertz CT molecular complexity index is 590. The van der Waals surface area contributed by atoms with Crippen molar-refractivity contribution in [3.05, 3.63) is 23.8 Å². The summed E-state index contributed by atoms with van der Waals surface area (Å²) in [7, 11) is 1.32. The summed E-state index contributed by atoms with van der Waals surface area (Å²) >= 11 is 0. The van der Waals surface area contributed by atoms with Crippen LogP contribution >= 0.6 is 0 Å². The molecule has 1 aromatic rings. The van der Waals surface area contributed by atoms with Crippen LogP contribution in [0.4, 0.5) is 8.78 Å². The number of methoxy groups -OCH3 is 1. The van der Waals surface area contributed by atoms with Gasteiger partial charge in [-0.2, -0.15) is 8.78 Å². The van der Waals surface area contributed by atoms with Crippen molar-refractivity contribution in [3.8, 4) is 11.5 Å². The Kier molecular flexibility index (Phi) is 3.97. The standard InChI is InChI=1S/C13H13F2NO5/c1-13(11(17)18)6-8(16-21-13)7-3-4-9(19-2)10(5-7)20-12(14)15/h3-5,12H,6H2,1-2H3,(H,17,18). The third-order valence-corrected chi connectivity index (χ3v) is 3.03. The molecule has 2 rings (SSSR count). The molecule has 1 unspecified atom stereocenters. The molecule has 1 aliphatic rings. The van der Waals surface area contributed by atoms with Gasteiger partial charge in [-0.1, -0.05) is 5.16 Å². The van der Waals surface area contributed by atoms with Gasteiger partial charge in [0, 0.05) is 12.0 Å². The van der Waals surface area contributed by atoms with E-state index in [9.17, 15) is 13.6 Å². The molecule has 1 heterocycles. The van der Waals surface area contributed by atoms with Gasteiger partial charge in [-0.15, -0.1) is 0 Å². The molecule has 1 aliphatic heterocycles. The van der Waals surface area contributed by atoms with Crippen molar-refractivity contribution in [2.75, 3.05) is 7.11 Å². The zero-order chi connectivity index (χ0) is 15.6. The van der Waals surface area contributed by atoms with Gasteiger partial charge in [-0.3, -0.25) is 0 Å². The highest BCUT2D eigenvalue weighted by atomic mass is 19.3. The molecule has 114 valence electrons. The van der Waals surface area contributed by atoms with Crippen LogP contribution in [-0.4, -0.2) is 36.1 Å². The minimum absolute atomic E-state index is 0.0166. The predicted octanol–water partition coefficient (Wildman–Crippen LogP) is 2.26. The second kappa shape index (κ2) is 5.55. The molecular weight excluding hydrogens is 288 g/mol. The molecule has 8 heteroatoms. The number of hydrogen-bond acceptors (Lipinski definition) is 5. The Morgan fingerprint density at radius 2 is 2.19 bits per heavy atom. The van der Waals surface area contributed by atoms with Crippen molar-refractivity contribution in [3.63, 3.8) is 0 Å². The zero-order valence-electron chi connectivity index (χ0n) is 11.3. The summed E-state index contributed by atoms with van der Waals surface area (Å²) in [5, 5.41) is 12.8. The maximum atomic E-state index is 12.4. The van der Waals surface area contributed by atoms with Crippen molar-refractivity contribution in [2.24, 2.45) is 5.16 Å². The lowest BCUT2D eigenvalue weighted by Gasteiger charge is -2.15. The lowest BCUT2D eigenvalue weighted by Crippen LogP contribution is -2.35. The largest absolute Gasteiger partial charge is 0.493 e. The third kappa shape index (κ3) is 3.04. The van der Waals surface area contributed by atoms with E-state index < -0.39 is 18.2 Å². The molecule has 21 heavy (non-hydrogen) atoms. The van der Waals surface area contributed by atoms with Crippen molar-refractivity contribution < 1.29 is 33.0 Å². The summed E-state index contributed by atoms with van der Waals surface area (Å²) in [5.74, 6) is -1.17. The van der Waals surface area contributed by atoms with E-state index in [2.05, 4.69) is 9.89 Å². The van der Waals surface area contributed by atoms with Crippen molar-refractivity contribution in [1.82, 2.24) is 0 Å². The lowest BCUT2D eigenvalue weighted by molar-refractivity contribution is -0.160. The molecule has 0 fully saturated rings. The Morgan fingerprint density at radius 3 is 2.71 bits per heavy atom. The van der Waals surface area contributed by atoms with Crippen LogP contribution in [0.5, 0.6) is 11.5 Å². The quantitative estimate of drug-likeness (QED) is 0.902. The van der Waals surface area contributed by atoms with Gasteiger partial charge < -0.3 is 19.4 Å². The number of oxime groups is 1. The molecule has 0 aliphatic carbocycles. The van der Waals surface area contributed by atoms with E-state index in [0.29, 0.717) is 11.3 Å². The monoisotopic (exact) mass is 301 g/mol. The summed E-state index contributed by atoms with van der Waals surface area (Å²) in [4.78, 5) is 16.0. The Labute approximate surface area is 118 Å².